The van der Waals surface area contributed by atoms with E-state index in [-0.39, 0.29) is 17.3 Å². The van der Waals surface area contributed by atoms with Gasteiger partial charge in [0.2, 0.25) is 0 Å². The van der Waals surface area contributed by atoms with E-state index < -0.39 is 0 Å². The van der Waals surface area contributed by atoms with E-state index in [0.29, 0.717) is 5.56 Å². The first kappa shape index (κ1) is 14.8. The second-order valence-corrected chi connectivity index (χ2v) is 4.59. The molecule has 0 aliphatic carbocycles. The first-order valence-electron chi connectivity index (χ1n) is 6.68. The number of aromatic nitrogens is 2. The normalized spacial score (nSPS) is 11.0. The molecule has 1 heterocycles. The molecule has 0 aliphatic heterocycles. The number of allylic oxidation sites excluding steroid dienone is 1. The lowest BCUT2D eigenvalue weighted by Crippen LogP contribution is -1.98. The lowest BCUT2D eigenvalue weighted by atomic mass is 10.1. The summed E-state index contributed by atoms with van der Waals surface area (Å²) in [5.41, 5.74) is 2.39. The average Bonchev–Trinajstić information content (AvgIpc) is 2.85. The Balaban J connectivity index is 2.21. The fraction of sp³-hybridized carbons (Fsp3) is 0.250. The van der Waals surface area contributed by atoms with Crippen LogP contribution >= 0.6 is 0 Å². The van der Waals surface area contributed by atoms with Crippen molar-refractivity contribution in [3.05, 3.63) is 47.3 Å². The summed E-state index contributed by atoms with van der Waals surface area (Å²) in [6.07, 6.45) is 4.98. The largest absolute Gasteiger partial charge is 0.504 e. The monoisotopic (exact) mass is 286 g/mol. The van der Waals surface area contributed by atoms with Crippen LogP contribution in [0, 0.1) is 6.92 Å². The van der Waals surface area contributed by atoms with Gasteiger partial charge in [0.25, 0.3) is 0 Å². The SMILES string of the molecule is CCn1ncc(/C=C/C(=O)c2ccc(O)c(OC)c2)c1C. The van der Waals surface area contributed by atoms with Crippen LogP contribution in [0.5, 0.6) is 11.5 Å². The number of benzene rings is 1. The molecule has 5 heteroatoms. The van der Waals surface area contributed by atoms with Crippen molar-refractivity contribution in [2.75, 3.05) is 7.11 Å². The molecule has 1 aromatic heterocycles. The maximum Gasteiger partial charge on any atom is 0.185 e. The highest BCUT2D eigenvalue weighted by Gasteiger charge is 2.08. The number of rotatable bonds is 5. The molecule has 0 unspecified atom stereocenters. The summed E-state index contributed by atoms with van der Waals surface area (Å²) in [7, 11) is 1.45. The number of carbonyl (C=O) groups excluding carboxylic acids is 1. The van der Waals surface area contributed by atoms with Gasteiger partial charge in [-0.3, -0.25) is 9.48 Å². The van der Waals surface area contributed by atoms with Gasteiger partial charge in [-0.25, -0.2) is 0 Å². The highest BCUT2D eigenvalue weighted by molar-refractivity contribution is 6.07. The lowest BCUT2D eigenvalue weighted by Gasteiger charge is -2.04. The van der Waals surface area contributed by atoms with Crippen LogP contribution in [0.4, 0.5) is 0 Å². The molecule has 0 amide bonds. The van der Waals surface area contributed by atoms with Crippen LogP contribution in [0.3, 0.4) is 0 Å². The molecule has 21 heavy (non-hydrogen) atoms. The predicted octanol–water partition coefficient (Wildman–Crippen LogP) is 2.82. The Bertz CT molecular complexity index is 687. The molecule has 5 nitrogen and oxygen atoms in total. The van der Waals surface area contributed by atoms with Crippen LogP contribution in [-0.2, 0) is 6.54 Å². The molecule has 0 fully saturated rings. The summed E-state index contributed by atoms with van der Waals surface area (Å²) in [4.78, 5) is 12.1. The van der Waals surface area contributed by atoms with Gasteiger partial charge in [0, 0.05) is 23.4 Å². The van der Waals surface area contributed by atoms with Crippen LogP contribution < -0.4 is 4.74 Å². The molecule has 110 valence electrons. The molecule has 0 atom stereocenters. The van der Waals surface area contributed by atoms with E-state index in [0.717, 1.165) is 17.8 Å². The molecule has 0 spiro atoms. The van der Waals surface area contributed by atoms with Gasteiger partial charge in [-0.2, -0.15) is 5.10 Å². The van der Waals surface area contributed by atoms with Crippen LogP contribution in [0.25, 0.3) is 6.08 Å². The van der Waals surface area contributed by atoms with Crippen molar-refractivity contribution in [1.29, 1.82) is 0 Å². The van der Waals surface area contributed by atoms with E-state index in [1.54, 1.807) is 18.3 Å². The van der Waals surface area contributed by atoms with E-state index in [1.165, 1.54) is 25.3 Å². The zero-order valence-corrected chi connectivity index (χ0v) is 12.3. The summed E-state index contributed by atoms with van der Waals surface area (Å²) < 4.78 is 6.86. The van der Waals surface area contributed by atoms with Crippen molar-refractivity contribution in [2.24, 2.45) is 0 Å². The van der Waals surface area contributed by atoms with Gasteiger partial charge in [0.05, 0.1) is 13.3 Å². The molecule has 0 aliphatic rings. The molecule has 2 aromatic rings. The minimum Gasteiger partial charge on any atom is -0.504 e. The summed E-state index contributed by atoms with van der Waals surface area (Å²) in [6.45, 7) is 4.77. The predicted molar refractivity (Wildman–Crippen MR) is 80.7 cm³/mol. The highest BCUT2D eigenvalue weighted by atomic mass is 16.5. The number of phenols is 1. The van der Waals surface area contributed by atoms with Crippen molar-refractivity contribution >= 4 is 11.9 Å². The Labute approximate surface area is 123 Å². The smallest absolute Gasteiger partial charge is 0.185 e. The zero-order valence-electron chi connectivity index (χ0n) is 12.3. The number of hydrogen-bond donors (Lipinski definition) is 1. The number of ether oxygens (including phenoxy) is 1. The molecular formula is C16H18N2O3. The Morgan fingerprint density at radius 1 is 1.48 bits per heavy atom. The number of nitrogens with zero attached hydrogens (tertiary/aromatic N) is 2. The minimum atomic E-state index is -0.156. The van der Waals surface area contributed by atoms with E-state index in [4.69, 9.17) is 4.74 Å². The van der Waals surface area contributed by atoms with Crippen LogP contribution in [0.15, 0.2) is 30.5 Å². The Kier molecular flexibility index (Phi) is 4.42. The fourth-order valence-corrected chi connectivity index (χ4v) is 2.04. The third-order valence-electron chi connectivity index (χ3n) is 3.32. The maximum absolute atomic E-state index is 12.1. The van der Waals surface area contributed by atoms with E-state index >= 15 is 0 Å². The third-order valence-corrected chi connectivity index (χ3v) is 3.32. The first-order chi connectivity index (χ1) is 10.1. The zero-order chi connectivity index (χ0) is 15.4. The van der Waals surface area contributed by atoms with Crippen molar-refractivity contribution < 1.29 is 14.6 Å². The molecule has 2 rings (SSSR count). The molecule has 1 aromatic carbocycles. The number of methoxy groups -OCH3 is 1. The van der Waals surface area contributed by atoms with Crippen molar-refractivity contribution in [1.82, 2.24) is 9.78 Å². The topological polar surface area (TPSA) is 64.4 Å². The molecule has 0 saturated heterocycles. The van der Waals surface area contributed by atoms with Crippen LogP contribution in [-0.4, -0.2) is 27.8 Å². The van der Waals surface area contributed by atoms with Crippen molar-refractivity contribution in [2.45, 2.75) is 20.4 Å². The second kappa shape index (κ2) is 6.26. The van der Waals surface area contributed by atoms with Gasteiger partial charge in [0.15, 0.2) is 17.3 Å². The van der Waals surface area contributed by atoms with E-state index in [2.05, 4.69) is 5.10 Å². The van der Waals surface area contributed by atoms with Gasteiger partial charge < -0.3 is 9.84 Å². The van der Waals surface area contributed by atoms with Gasteiger partial charge in [0.1, 0.15) is 0 Å². The average molecular weight is 286 g/mol. The van der Waals surface area contributed by atoms with Crippen LogP contribution in [0.1, 0.15) is 28.5 Å². The molecule has 0 bridgehead atoms. The summed E-state index contributed by atoms with van der Waals surface area (Å²) in [6, 6.07) is 4.53. The van der Waals surface area contributed by atoms with E-state index in [9.17, 15) is 9.90 Å². The first-order valence-corrected chi connectivity index (χ1v) is 6.68. The molecular weight excluding hydrogens is 268 g/mol. The van der Waals surface area contributed by atoms with Crippen LogP contribution in [0.2, 0.25) is 0 Å². The highest BCUT2D eigenvalue weighted by Crippen LogP contribution is 2.26. The quantitative estimate of drug-likeness (QED) is 0.678. The third kappa shape index (κ3) is 3.13. The number of aryl methyl sites for hydroxylation is 1. The van der Waals surface area contributed by atoms with Gasteiger partial charge in [-0.15, -0.1) is 0 Å². The second-order valence-electron chi connectivity index (χ2n) is 4.59. The Morgan fingerprint density at radius 2 is 2.24 bits per heavy atom. The molecule has 0 radical (unpaired) electrons. The Morgan fingerprint density at radius 3 is 2.86 bits per heavy atom. The standard InChI is InChI=1S/C16H18N2O3/c1-4-18-11(2)13(10-17-18)6-7-14(19)12-5-8-15(20)16(9-12)21-3/h5-10,20H,4H2,1-3H3/b7-6+. The number of aromatic hydroxyl groups is 1. The summed E-state index contributed by atoms with van der Waals surface area (Å²) in [5, 5.41) is 13.8. The van der Waals surface area contributed by atoms with Gasteiger partial charge in [-0.05, 0) is 44.2 Å². The summed E-state index contributed by atoms with van der Waals surface area (Å²) >= 11 is 0. The fourth-order valence-electron chi connectivity index (χ4n) is 2.04. The molecule has 1 N–H and O–H groups in total. The van der Waals surface area contributed by atoms with Gasteiger partial charge in [-0.1, -0.05) is 0 Å². The minimum absolute atomic E-state index is 0.0121. The van der Waals surface area contributed by atoms with E-state index in [1.807, 2.05) is 18.5 Å². The van der Waals surface area contributed by atoms with Gasteiger partial charge >= 0.3 is 0 Å². The number of hydrogen-bond acceptors (Lipinski definition) is 4. The number of carbonyl (C=O) groups is 1. The maximum atomic E-state index is 12.1. The number of ketones is 1. The Hall–Kier alpha value is -2.56. The molecule has 0 saturated carbocycles. The summed E-state index contributed by atoms with van der Waals surface area (Å²) in [5.74, 6) is 0.138. The van der Waals surface area contributed by atoms with Crippen molar-refractivity contribution in [3.63, 3.8) is 0 Å². The van der Waals surface area contributed by atoms with Crippen molar-refractivity contribution in [3.8, 4) is 11.5 Å². The lowest BCUT2D eigenvalue weighted by molar-refractivity contribution is 0.104. The number of phenolic OH excluding ortho intramolecular Hbond substituents is 1.